The molecule has 3 fully saturated rings. The van der Waals surface area contributed by atoms with E-state index in [0.29, 0.717) is 16.6 Å². The van der Waals surface area contributed by atoms with Crippen LogP contribution in [0.5, 0.6) is 0 Å². The molecule has 2 aliphatic heterocycles. The zero-order chi connectivity index (χ0) is 25.1. The van der Waals surface area contributed by atoms with E-state index < -0.39 is 0 Å². The topological polar surface area (TPSA) is 51.7 Å². The van der Waals surface area contributed by atoms with Crippen molar-refractivity contribution in [3.05, 3.63) is 57.5 Å². The van der Waals surface area contributed by atoms with Gasteiger partial charge in [0.05, 0.1) is 15.6 Å². The van der Waals surface area contributed by atoms with Crippen molar-refractivity contribution >= 4 is 34.9 Å². The fourth-order valence-electron chi connectivity index (χ4n) is 5.76. The molecule has 1 aromatic heterocycles. The lowest BCUT2D eigenvalue weighted by atomic mass is 10.0. The smallest absolute Gasteiger partial charge is 0.253 e. The summed E-state index contributed by atoms with van der Waals surface area (Å²) in [5, 5.41) is 3.81. The Hall–Kier alpha value is -1.93. The molecule has 36 heavy (non-hydrogen) atoms. The third-order valence-electron chi connectivity index (χ3n) is 7.85. The molecular formula is C27H34Cl2FN5O. The molecule has 1 N–H and O–H groups in total. The lowest BCUT2D eigenvalue weighted by molar-refractivity contribution is 0.0937. The Morgan fingerprint density at radius 3 is 2.36 bits per heavy atom. The second-order valence-corrected chi connectivity index (χ2v) is 11.1. The molecule has 2 saturated heterocycles. The number of carbonyl (C=O) groups is 1. The van der Waals surface area contributed by atoms with E-state index >= 15 is 0 Å². The highest BCUT2D eigenvalue weighted by Gasteiger charge is 2.29. The van der Waals surface area contributed by atoms with Gasteiger partial charge in [0.15, 0.2) is 0 Å². The number of rotatable bonds is 6. The number of piperidine rings is 1. The molecule has 0 atom stereocenters. The molecule has 0 bridgehead atoms. The van der Waals surface area contributed by atoms with Gasteiger partial charge in [-0.25, -0.2) is 9.37 Å². The van der Waals surface area contributed by atoms with Gasteiger partial charge in [0.2, 0.25) is 0 Å². The van der Waals surface area contributed by atoms with Gasteiger partial charge in [-0.3, -0.25) is 14.6 Å². The maximum absolute atomic E-state index is 13.8. The number of nitrogens with one attached hydrogen (secondary N) is 1. The zero-order valence-corrected chi connectivity index (χ0v) is 22.1. The van der Waals surface area contributed by atoms with E-state index in [0.717, 1.165) is 82.9 Å². The standard InChI is InChI=1S/C27H34Cl2FN5O/c28-23-6-5-19(15-25(23)30)18-33-9-7-22(8-10-33)34-11-13-35(14-12-34)26-24(29)16-20(17-31-26)27(36)32-21-3-1-2-4-21/h5-6,15-17,21-22H,1-4,7-14,18H2,(H,32,36). The minimum atomic E-state index is -0.349. The van der Waals surface area contributed by atoms with Crippen LogP contribution in [0.25, 0.3) is 0 Å². The first-order valence-electron chi connectivity index (χ1n) is 13.1. The van der Waals surface area contributed by atoms with Crippen molar-refractivity contribution in [2.45, 2.75) is 57.2 Å². The minimum Gasteiger partial charge on any atom is -0.353 e. The van der Waals surface area contributed by atoms with Crippen LogP contribution in [0.1, 0.15) is 54.4 Å². The number of pyridine rings is 1. The summed E-state index contributed by atoms with van der Waals surface area (Å²) in [6.45, 7) is 6.44. The zero-order valence-electron chi connectivity index (χ0n) is 20.6. The summed E-state index contributed by atoms with van der Waals surface area (Å²) in [4.78, 5) is 24.3. The number of likely N-dealkylation sites (tertiary alicyclic amines) is 1. The van der Waals surface area contributed by atoms with E-state index in [1.54, 1.807) is 24.4 Å². The van der Waals surface area contributed by atoms with E-state index in [2.05, 4.69) is 25.0 Å². The van der Waals surface area contributed by atoms with Gasteiger partial charge in [0.25, 0.3) is 5.91 Å². The number of aromatic nitrogens is 1. The van der Waals surface area contributed by atoms with Crippen LogP contribution in [0, 0.1) is 5.82 Å². The Kier molecular flexibility index (Phi) is 8.31. The Bertz CT molecular complexity index is 1060. The van der Waals surface area contributed by atoms with Gasteiger partial charge in [0.1, 0.15) is 11.6 Å². The molecule has 0 spiro atoms. The van der Waals surface area contributed by atoms with Crippen molar-refractivity contribution in [2.75, 3.05) is 44.2 Å². The maximum atomic E-state index is 13.8. The second-order valence-electron chi connectivity index (χ2n) is 10.3. The van der Waals surface area contributed by atoms with Gasteiger partial charge in [0, 0.05) is 51.0 Å². The van der Waals surface area contributed by atoms with E-state index in [9.17, 15) is 9.18 Å². The molecule has 3 aliphatic rings. The van der Waals surface area contributed by atoms with Crippen LogP contribution in [0.15, 0.2) is 30.5 Å². The van der Waals surface area contributed by atoms with Crippen LogP contribution in [0.4, 0.5) is 10.2 Å². The van der Waals surface area contributed by atoms with Crippen LogP contribution < -0.4 is 10.2 Å². The molecule has 1 amide bonds. The fourth-order valence-corrected chi connectivity index (χ4v) is 6.17. The van der Waals surface area contributed by atoms with Crippen molar-refractivity contribution in [2.24, 2.45) is 0 Å². The molecule has 2 aromatic rings. The van der Waals surface area contributed by atoms with E-state index in [1.165, 1.54) is 12.8 Å². The van der Waals surface area contributed by atoms with Crippen molar-refractivity contribution < 1.29 is 9.18 Å². The van der Waals surface area contributed by atoms with Crippen molar-refractivity contribution in [3.8, 4) is 0 Å². The molecule has 1 aliphatic carbocycles. The van der Waals surface area contributed by atoms with Crippen LogP contribution in [-0.4, -0.2) is 72.0 Å². The predicted molar refractivity (Wildman–Crippen MR) is 142 cm³/mol. The SMILES string of the molecule is O=C(NC1CCCC1)c1cnc(N2CCN(C3CCN(Cc4ccc(Cl)c(F)c4)CC3)CC2)c(Cl)c1. The average molecular weight is 535 g/mol. The Morgan fingerprint density at radius 2 is 1.69 bits per heavy atom. The van der Waals surface area contributed by atoms with Gasteiger partial charge >= 0.3 is 0 Å². The normalized spacial score (nSPS) is 20.7. The number of hydrogen-bond acceptors (Lipinski definition) is 5. The molecule has 194 valence electrons. The fraction of sp³-hybridized carbons (Fsp3) is 0.556. The van der Waals surface area contributed by atoms with Gasteiger partial charge in [-0.15, -0.1) is 0 Å². The van der Waals surface area contributed by atoms with E-state index in [1.807, 2.05) is 6.07 Å². The van der Waals surface area contributed by atoms with Crippen LogP contribution in [-0.2, 0) is 6.54 Å². The van der Waals surface area contributed by atoms with Gasteiger partial charge in [-0.1, -0.05) is 42.1 Å². The minimum absolute atomic E-state index is 0.0831. The first-order chi connectivity index (χ1) is 17.5. The molecular weight excluding hydrogens is 500 g/mol. The monoisotopic (exact) mass is 533 g/mol. The summed E-state index contributed by atoms with van der Waals surface area (Å²) in [6, 6.07) is 7.68. The number of amides is 1. The van der Waals surface area contributed by atoms with Crippen molar-refractivity contribution in [1.82, 2.24) is 20.1 Å². The number of nitrogens with zero attached hydrogens (tertiary/aromatic N) is 4. The molecule has 1 aromatic carbocycles. The van der Waals surface area contributed by atoms with Crippen LogP contribution in [0.2, 0.25) is 10.0 Å². The number of piperazine rings is 1. The first kappa shape index (κ1) is 25.7. The number of carbonyl (C=O) groups excluding carboxylic acids is 1. The third kappa shape index (κ3) is 6.13. The highest BCUT2D eigenvalue weighted by Crippen LogP contribution is 2.27. The lowest BCUT2D eigenvalue weighted by Crippen LogP contribution is -2.53. The molecule has 6 nitrogen and oxygen atoms in total. The second kappa shape index (κ2) is 11.6. The Morgan fingerprint density at radius 1 is 0.972 bits per heavy atom. The quantitative estimate of drug-likeness (QED) is 0.567. The number of benzene rings is 1. The number of hydrogen-bond donors (Lipinski definition) is 1. The summed E-state index contributed by atoms with van der Waals surface area (Å²) in [5.41, 5.74) is 1.50. The van der Waals surface area contributed by atoms with E-state index in [-0.39, 0.29) is 22.8 Å². The Labute approximate surface area is 222 Å². The maximum Gasteiger partial charge on any atom is 0.253 e. The Balaban J connectivity index is 1.09. The molecule has 0 radical (unpaired) electrons. The van der Waals surface area contributed by atoms with Crippen molar-refractivity contribution in [1.29, 1.82) is 0 Å². The molecule has 5 rings (SSSR count). The molecule has 3 heterocycles. The lowest BCUT2D eigenvalue weighted by Gasteiger charge is -2.43. The number of halogens is 3. The highest BCUT2D eigenvalue weighted by molar-refractivity contribution is 6.33. The summed E-state index contributed by atoms with van der Waals surface area (Å²) in [6.07, 6.45) is 8.34. The summed E-state index contributed by atoms with van der Waals surface area (Å²) >= 11 is 12.4. The highest BCUT2D eigenvalue weighted by atomic mass is 35.5. The summed E-state index contributed by atoms with van der Waals surface area (Å²) in [5.74, 6) is 0.331. The largest absolute Gasteiger partial charge is 0.353 e. The van der Waals surface area contributed by atoms with Crippen LogP contribution >= 0.6 is 23.2 Å². The third-order valence-corrected chi connectivity index (χ3v) is 8.44. The first-order valence-corrected chi connectivity index (χ1v) is 13.8. The average Bonchev–Trinajstić information content (AvgIpc) is 3.40. The summed E-state index contributed by atoms with van der Waals surface area (Å²) < 4.78 is 13.8. The molecule has 0 unspecified atom stereocenters. The molecule has 1 saturated carbocycles. The predicted octanol–water partition coefficient (Wildman–Crippen LogP) is 4.99. The summed E-state index contributed by atoms with van der Waals surface area (Å²) in [7, 11) is 0. The van der Waals surface area contributed by atoms with E-state index in [4.69, 9.17) is 23.2 Å². The number of anilines is 1. The van der Waals surface area contributed by atoms with Crippen molar-refractivity contribution in [3.63, 3.8) is 0 Å². The van der Waals surface area contributed by atoms with Gasteiger partial charge < -0.3 is 10.2 Å². The van der Waals surface area contributed by atoms with Crippen LogP contribution in [0.3, 0.4) is 0 Å². The molecule has 9 heteroatoms. The van der Waals surface area contributed by atoms with Gasteiger partial charge in [-0.05, 0) is 62.5 Å². The van der Waals surface area contributed by atoms with Gasteiger partial charge in [-0.2, -0.15) is 0 Å².